The monoisotopic (exact) mass is 283 g/mol. The first kappa shape index (κ1) is 13.3. The summed E-state index contributed by atoms with van der Waals surface area (Å²) in [6.45, 7) is 0.211. The van der Waals surface area contributed by atoms with Gasteiger partial charge in [0.15, 0.2) is 11.6 Å². The minimum atomic E-state index is -4.19. The van der Waals surface area contributed by atoms with Gasteiger partial charge in [-0.2, -0.15) is 18.2 Å². The first-order valence-electron chi connectivity index (χ1n) is 5.37. The van der Waals surface area contributed by atoms with Crippen LogP contribution in [0.5, 0.6) is 0 Å². The third kappa shape index (κ3) is 2.82. The highest BCUT2D eigenvalue weighted by Crippen LogP contribution is 2.35. The van der Waals surface area contributed by atoms with E-state index in [4.69, 9.17) is 11.6 Å². The fourth-order valence-electron chi connectivity index (χ4n) is 1.98. The van der Waals surface area contributed by atoms with Gasteiger partial charge < -0.3 is 4.90 Å². The molecule has 0 aliphatic carbocycles. The molecule has 2 heterocycles. The SMILES string of the molecule is Fc1cnc(Cl)nc1N1CCC(C(F)(F)F)CC1. The number of aromatic nitrogens is 2. The van der Waals surface area contributed by atoms with Gasteiger partial charge in [-0.1, -0.05) is 0 Å². The van der Waals surface area contributed by atoms with Crippen molar-refractivity contribution in [1.82, 2.24) is 9.97 Å². The third-order valence-corrected chi connectivity index (χ3v) is 3.14. The molecule has 0 atom stereocenters. The lowest BCUT2D eigenvalue weighted by Gasteiger charge is -2.33. The molecule has 100 valence electrons. The second-order valence-electron chi connectivity index (χ2n) is 4.11. The summed E-state index contributed by atoms with van der Waals surface area (Å²) in [7, 11) is 0. The molecule has 0 bridgehead atoms. The van der Waals surface area contributed by atoms with Crippen LogP contribution in [-0.4, -0.2) is 29.2 Å². The minimum Gasteiger partial charge on any atom is -0.354 e. The van der Waals surface area contributed by atoms with E-state index in [1.54, 1.807) is 0 Å². The van der Waals surface area contributed by atoms with Gasteiger partial charge in [-0.05, 0) is 24.4 Å². The van der Waals surface area contributed by atoms with Gasteiger partial charge in [-0.25, -0.2) is 9.37 Å². The van der Waals surface area contributed by atoms with E-state index in [0.29, 0.717) is 0 Å². The third-order valence-electron chi connectivity index (χ3n) is 2.95. The van der Waals surface area contributed by atoms with Crippen molar-refractivity contribution < 1.29 is 17.6 Å². The van der Waals surface area contributed by atoms with E-state index in [-0.39, 0.29) is 37.0 Å². The van der Waals surface area contributed by atoms with Gasteiger partial charge in [-0.3, -0.25) is 0 Å². The summed E-state index contributed by atoms with van der Waals surface area (Å²) in [4.78, 5) is 8.63. The smallest absolute Gasteiger partial charge is 0.354 e. The number of piperidine rings is 1. The van der Waals surface area contributed by atoms with Gasteiger partial charge in [0.05, 0.1) is 12.1 Å². The van der Waals surface area contributed by atoms with E-state index in [9.17, 15) is 17.6 Å². The van der Waals surface area contributed by atoms with Crippen molar-refractivity contribution in [2.45, 2.75) is 19.0 Å². The minimum absolute atomic E-state index is 0.0318. The number of rotatable bonds is 1. The molecule has 3 nitrogen and oxygen atoms in total. The summed E-state index contributed by atoms with van der Waals surface area (Å²) in [5.74, 6) is -2.03. The molecule has 1 saturated heterocycles. The molecular weight excluding hydrogens is 274 g/mol. The highest BCUT2D eigenvalue weighted by Gasteiger charge is 2.41. The van der Waals surface area contributed by atoms with Crippen molar-refractivity contribution >= 4 is 17.4 Å². The first-order chi connectivity index (χ1) is 8.38. The Balaban J connectivity index is 2.08. The Labute approximate surface area is 106 Å². The molecule has 1 aromatic heterocycles. The summed E-state index contributed by atoms with van der Waals surface area (Å²) >= 11 is 5.54. The second kappa shape index (κ2) is 4.87. The standard InChI is InChI=1S/C10H10ClF4N3/c11-9-16-5-7(12)8(17-9)18-3-1-6(2-4-18)10(13,14)15/h5-6H,1-4H2. The van der Waals surface area contributed by atoms with Gasteiger partial charge in [-0.15, -0.1) is 0 Å². The molecule has 1 aliphatic rings. The average Bonchev–Trinajstić information content (AvgIpc) is 2.31. The zero-order valence-electron chi connectivity index (χ0n) is 9.21. The Kier molecular flexibility index (Phi) is 3.61. The first-order valence-corrected chi connectivity index (χ1v) is 5.75. The number of halogens is 5. The largest absolute Gasteiger partial charge is 0.391 e. The summed E-state index contributed by atoms with van der Waals surface area (Å²) < 4.78 is 50.9. The van der Waals surface area contributed by atoms with Crippen molar-refractivity contribution in [1.29, 1.82) is 0 Å². The fraction of sp³-hybridized carbons (Fsp3) is 0.600. The molecule has 0 amide bonds. The predicted molar refractivity (Wildman–Crippen MR) is 58.0 cm³/mol. The quantitative estimate of drug-likeness (QED) is 0.586. The van der Waals surface area contributed by atoms with Crippen LogP contribution in [0.25, 0.3) is 0 Å². The molecule has 0 saturated carbocycles. The topological polar surface area (TPSA) is 29.0 Å². The van der Waals surface area contributed by atoms with Crippen molar-refractivity contribution in [3.05, 3.63) is 17.3 Å². The van der Waals surface area contributed by atoms with Crippen LogP contribution in [0.4, 0.5) is 23.4 Å². The van der Waals surface area contributed by atoms with Crippen molar-refractivity contribution in [2.24, 2.45) is 5.92 Å². The molecule has 8 heteroatoms. The average molecular weight is 284 g/mol. The highest BCUT2D eigenvalue weighted by atomic mass is 35.5. The number of nitrogens with zero attached hydrogens (tertiary/aromatic N) is 3. The van der Waals surface area contributed by atoms with Crippen LogP contribution < -0.4 is 4.90 Å². The summed E-state index contributed by atoms with van der Waals surface area (Å²) in [6, 6.07) is 0. The van der Waals surface area contributed by atoms with Gasteiger partial charge >= 0.3 is 6.18 Å². The Bertz CT molecular complexity index is 430. The summed E-state index contributed by atoms with van der Waals surface area (Å²) in [6.07, 6.45) is -3.40. The molecule has 0 spiro atoms. The van der Waals surface area contributed by atoms with Crippen LogP contribution in [0.1, 0.15) is 12.8 Å². The Morgan fingerprint density at radius 1 is 1.28 bits per heavy atom. The van der Waals surface area contributed by atoms with Crippen LogP contribution in [0.3, 0.4) is 0 Å². The van der Waals surface area contributed by atoms with Gasteiger partial charge in [0.25, 0.3) is 0 Å². The molecule has 18 heavy (non-hydrogen) atoms. The predicted octanol–water partition coefficient (Wildman–Crippen LogP) is 3.05. The Hall–Kier alpha value is -1.11. The van der Waals surface area contributed by atoms with Crippen LogP contribution >= 0.6 is 11.6 Å². The number of hydrogen-bond acceptors (Lipinski definition) is 3. The van der Waals surface area contributed by atoms with Crippen LogP contribution in [0, 0.1) is 11.7 Å². The molecule has 0 unspecified atom stereocenters. The molecule has 1 fully saturated rings. The number of hydrogen-bond donors (Lipinski definition) is 0. The van der Waals surface area contributed by atoms with E-state index < -0.39 is 17.9 Å². The fourth-order valence-corrected chi connectivity index (χ4v) is 2.11. The molecule has 0 radical (unpaired) electrons. The second-order valence-corrected chi connectivity index (χ2v) is 4.45. The maximum atomic E-state index is 13.4. The van der Waals surface area contributed by atoms with Crippen LogP contribution in [0.2, 0.25) is 5.28 Å². The zero-order valence-corrected chi connectivity index (χ0v) is 9.97. The zero-order chi connectivity index (χ0) is 13.3. The molecule has 0 N–H and O–H groups in total. The van der Waals surface area contributed by atoms with Gasteiger partial charge in [0.1, 0.15) is 0 Å². The molecule has 0 aromatic carbocycles. The van der Waals surface area contributed by atoms with Gasteiger partial charge in [0, 0.05) is 13.1 Å². The van der Waals surface area contributed by atoms with Crippen molar-refractivity contribution in [2.75, 3.05) is 18.0 Å². The molecular formula is C10H10ClF4N3. The lowest BCUT2D eigenvalue weighted by molar-refractivity contribution is -0.179. The maximum Gasteiger partial charge on any atom is 0.391 e. The van der Waals surface area contributed by atoms with Crippen molar-refractivity contribution in [3.8, 4) is 0 Å². The lowest BCUT2D eigenvalue weighted by atomic mass is 9.96. The maximum absolute atomic E-state index is 13.4. The van der Waals surface area contributed by atoms with Crippen LogP contribution in [0.15, 0.2) is 6.20 Å². The molecule has 2 rings (SSSR count). The van der Waals surface area contributed by atoms with E-state index in [1.807, 2.05) is 0 Å². The Morgan fingerprint density at radius 3 is 2.44 bits per heavy atom. The molecule has 1 aliphatic heterocycles. The lowest BCUT2D eigenvalue weighted by Crippen LogP contribution is -2.39. The Morgan fingerprint density at radius 2 is 1.89 bits per heavy atom. The summed E-state index contributed by atoms with van der Waals surface area (Å²) in [5, 5.41) is -0.121. The van der Waals surface area contributed by atoms with Gasteiger partial charge in [0.2, 0.25) is 5.28 Å². The van der Waals surface area contributed by atoms with E-state index in [2.05, 4.69) is 9.97 Å². The van der Waals surface area contributed by atoms with E-state index >= 15 is 0 Å². The van der Waals surface area contributed by atoms with Crippen molar-refractivity contribution in [3.63, 3.8) is 0 Å². The normalized spacial score (nSPS) is 18.2. The van der Waals surface area contributed by atoms with Crippen LogP contribution in [-0.2, 0) is 0 Å². The molecule has 1 aromatic rings. The number of anilines is 1. The van der Waals surface area contributed by atoms with E-state index in [1.165, 1.54) is 4.90 Å². The van der Waals surface area contributed by atoms with E-state index in [0.717, 1.165) is 6.20 Å². The number of alkyl halides is 3. The summed E-state index contributed by atoms with van der Waals surface area (Å²) in [5.41, 5.74) is 0. The highest BCUT2D eigenvalue weighted by molar-refractivity contribution is 6.28.